The molecule has 0 saturated carbocycles. The van der Waals surface area contributed by atoms with Gasteiger partial charge in [-0.15, -0.1) is 0 Å². The Kier molecular flexibility index (Phi) is 5.10. The van der Waals surface area contributed by atoms with Crippen molar-refractivity contribution < 1.29 is 0 Å². The maximum Gasteiger partial charge on any atom is 0.332 e. The zero-order valence-electron chi connectivity index (χ0n) is 17.7. The van der Waals surface area contributed by atoms with Crippen LogP contribution in [0.25, 0.3) is 11.2 Å². The summed E-state index contributed by atoms with van der Waals surface area (Å²) in [4.78, 5) is 33.4. The summed E-state index contributed by atoms with van der Waals surface area (Å²) in [6, 6.07) is 13.2. The molecule has 1 aliphatic rings. The van der Waals surface area contributed by atoms with Gasteiger partial charge in [-0.2, -0.15) is 4.98 Å². The van der Waals surface area contributed by atoms with Gasteiger partial charge in [0, 0.05) is 35.9 Å². The number of nitrogens with zero attached hydrogens (tertiary/aromatic N) is 5. The second-order valence-electron chi connectivity index (χ2n) is 8.05. The lowest BCUT2D eigenvalue weighted by molar-refractivity contribution is 0.597. The van der Waals surface area contributed by atoms with E-state index < -0.39 is 5.69 Å². The van der Waals surface area contributed by atoms with E-state index in [0.717, 1.165) is 24.2 Å². The molecule has 0 spiro atoms. The lowest BCUT2D eigenvalue weighted by atomic mass is 10.2. The molecule has 0 bridgehead atoms. The largest absolute Gasteiger partial charge is 0.332 e. The molecule has 2 aromatic heterocycles. The number of hydrogen-bond acceptors (Lipinski definition) is 4. The normalized spacial score (nSPS) is 13.6. The fourth-order valence-electron chi connectivity index (χ4n) is 4.26. The number of aromatic nitrogens is 4. The summed E-state index contributed by atoms with van der Waals surface area (Å²) in [5.74, 6) is 0.672. The smallest absolute Gasteiger partial charge is 0.312 e. The number of fused-ring (bicyclic) bond motifs is 3. The number of hydrogen-bond donors (Lipinski definition) is 0. The minimum absolute atomic E-state index is 0.0551. The van der Waals surface area contributed by atoms with E-state index in [4.69, 9.17) is 28.2 Å². The summed E-state index contributed by atoms with van der Waals surface area (Å²) >= 11 is 12.3. The maximum absolute atomic E-state index is 13.5. The van der Waals surface area contributed by atoms with Gasteiger partial charge < -0.3 is 9.47 Å². The van der Waals surface area contributed by atoms with E-state index in [9.17, 15) is 9.59 Å². The number of imidazole rings is 1. The van der Waals surface area contributed by atoms with E-state index in [1.165, 1.54) is 9.13 Å². The van der Waals surface area contributed by atoms with Gasteiger partial charge in [0.05, 0.1) is 6.54 Å². The molecule has 1 aliphatic heterocycles. The van der Waals surface area contributed by atoms with E-state index in [2.05, 4.69) is 11.0 Å². The maximum atomic E-state index is 13.5. The van der Waals surface area contributed by atoms with Gasteiger partial charge >= 0.3 is 5.69 Å². The summed E-state index contributed by atoms with van der Waals surface area (Å²) < 4.78 is 4.56. The lowest BCUT2D eigenvalue weighted by Crippen LogP contribution is -2.40. The van der Waals surface area contributed by atoms with E-state index in [-0.39, 0.29) is 12.1 Å². The zero-order valence-corrected chi connectivity index (χ0v) is 19.2. The van der Waals surface area contributed by atoms with Gasteiger partial charge in [0.15, 0.2) is 11.2 Å². The quantitative estimate of drug-likeness (QED) is 0.452. The first kappa shape index (κ1) is 20.8. The first-order valence-corrected chi connectivity index (χ1v) is 11.1. The highest BCUT2D eigenvalue weighted by Crippen LogP contribution is 2.31. The Morgan fingerprint density at radius 3 is 2.62 bits per heavy atom. The topological polar surface area (TPSA) is 65.1 Å². The van der Waals surface area contributed by atoms with Crippen LogP contribution in [-0.2, 0) is 20.1 Å². The molecule has 0 fully saturated rings. The van der Waals surface area contributed by atoms with E-state index in [0.29, 0.717) is 39.3 Å². The van der Waals surface area contributed by atoms with Crippen LogP contribution in [0.15, 0.2) is 52.1 Å². The summed E-state index contributed by atoms with van der Waals surface area (Å²) in [7, 11) is 1.64. The van der Waals surface area contributed by atoms with Gasteiger partial charge in [-0.1, -0.05) is 41.4 Å². The molecule has 2 aromatic carbocycles. The summed E-state index contributed by atoms with van der Waals surface area (Å²) in [5, 5.41) is 0.906. The third-order valence-corrected chi connectivity index (χ3v) is 6.46. The summed E-state index contributed by atoms with van der Waals surface area (Å²) in [5.41, 5.74) is 2.79. The first-order valence-electron chi connectivity index (χ1n) is 10.3. The highest BCUT2D eigenvalue weighted by atomic mass is 35.5. The molecular weight excluding hydrogens is 449 g/mol. The molecule has 0 unspecified atom stereocenters. The number of rotatable bonds is 3. The van der Waals surface area contributed by atoms with Crippen LogP contribution >= 0.6 is 23.2 Å². The van der Waals surface area contributed by atoms with Crippen molar-refractivity contribution >= 4 is 46.0 Å². The van der Waals surface area contributed by atoms with Crippen LogP contribution in [-0.4, -0.2) is 25.2 Å². The summed E-state index contributed by atoms with van der Waals surface area (Å²) in [6.45, 7) is 3.54. The van der Waals surface area contributed by atoms with Crippen molar-refractivity contribution in [3.63, 3.8) is 0 Å². The number of aryl methyl sites for hydroxylation is 3. The van der Waals surface area contributed by atoms with Gasteiger partial charge in [-0.3, -0.25) is 13.9 Å². The molecule has 9 heteroatoms. The van der Waals surface area contributed by atoms with Crippen LogP contribution in [0.1, 0.15) is 17.5 Å². The molecule has 164 valence electrons. The number of halogens is 2. The lowest BCUT2D eigenvalue weighted by Gasteiger charge is -2.29. The van der Waals surface area contributed by atoms with Gasteiger partial charge in [-0.25, -0.2) is 4.79 Å². The van der Waals surface area contributed by atoms with Crippen molar-refractivity contribution in [1.29, 1.82) is 0 Å². The van der Waals surface area contributed by atoms with E-state index >= 15 is 0 Å². The standard InChI is InChI=1S/C23H21Cl2N5O2/c1-14-5-3-6-17(11-14)28-9-4-10-29-19-20(26-22(28)29)27(2)23(32)30(21(19)31)13-15-7-8-16(24)12-18(15)25/h3,5-8,11-12H,4,9-10,13H2,1-2H3. The molecule has 7 nitrogen and oxygen atoms in total. The Labute approximate surface area is 194 Å². The minimum Gasteiger partial charge on any atom is -0.312 e. The average Bonchev–Trinajstić information content (AvgIpc) is 3.16. The molecule has 0 amide bonds. The number of anilines is 2. The monoisotopic (exact) mass is 469 g/mol. The highest BCUT2D eigenvalue weighted by Gasteiger charge is 2.27. The van der Waals surface area contributed by atoms with Crippen LogP contribution in [0.2, 0.25) is 10.0 Å². The number of benzene rings is 2. The van der Waals surface area contributed by atoms with Crippen LogP contribution in [0.5, 0.6) is 0 Å². The predicted molar refractivity (Wildman–Crippen MR) is 128 cm³/mol. The second kappa shape index (κ2) is 7.83. The van der Waals surface area contributed by atoms with Crippen LogP contribution in [0, 0.1) is 6.92 Å². The Morgan fingerprint density at radius 1 is 1.06 bits per heavy atom. The molecule has 0 N–H and O–H groups in total. The zero-order chi connectivity index (χ0) is 22.6. The van der Waals surface area contributed by atoms with Crippen molar-refractivity contribution in [3.8, 4) is 0 Å². The molecule has 0 radical (unpaired) electrons. The van der Waals surface area contributed by atoms with Crippen LogP contribution in [0.3, 0.4) is 0 Å². The molecule has 0 aliphatic carbocycles. The highest BCUT2D eigenvalue weighted by molar-refractivity contribution is 6.35. The third-order valence-electron chi connectivity index (χ3n) is 5.87. The Balaban J connectivity index is 1.70. The van der Waals surface area contributed by atoms with Gasteiger partial charge in [-0.05, 0) is 48.7 Å². The second-order valence-corrected chi connectivity index (χ2v) is 8.89. The predicted octanol–water partition coefficient (Wildman–Crippen LogP) is 4.10. The van der Waals surface area contributed by atoms with Crippen molar-refractivity contribution in [2.75, 3.05) is 11.4 Å². The minimum atomic E-state index is -0.439. The molecular formula is C23H21Cl2N5O2. The molecule has 32 heavy (non-hydrogen) atoms. The molecule has 5 rings (SSSR count). The van der Waals surface area contributed by atoms with Crippen LogP contribution in [0.4, 0.5) is 11.6 Å². The van der Waals surface area contributed by atoms with Gasteiger partial charge in [0.1, 0.15) is 0 Å². The van der Waals surface area contributed by atoms with Gasteiger partial charge in [0.2, 0.25) is 5.95 Å². The molecule has 4 aromatic rings. The molecule has 0 saturated heterocycles. The van der Waals surface area contributed by atoms with E-state index in [1.54, 1.807) is 25.2 Å². The van der Waals surface area contributed by atoms with Gasteiger partial charge in [0.25, 0.3) is 5.56 Å². The Hall–Kier alpha value is -3.03. The SMILES string of the molecule is Cc1cccc(N2CCCn3c2nc2c3c(=O)n(Cc3ccc(Cl)cc3Cl)c(=O)n2C)c1. The fourth-order valence-corrected chi connectivity index (χ4v) is 4.73. The summed E-state index contributed by atoms with van der Waals surface area (Å²) in [6.07, 6.45) is 0.859. The van der Waals surface area contributed by atoms with Crippen molar-refractivity contribution in [2.24, 2.45) is 7.05 Å². The van der Waals surface area contributed by atoms with Crippen molar-refractivity contribution in [2.45, 2.75) is 26.4 Å². The average molecular weight is 470 g/mol. The van der Waals surface area contributed by atoms with Crippen molar-refractivity contribution in [3.05, 3.63) is 84.5 Å². The molecule has 3 heterocycles. The van der Waals surface area contributed by atoms with Crippen LogP contribution < -0.4 is 16.1 Å². The Morgan fingerprint density at radius 2 is 1.88 bits per heavy atom. The fraction of sp³-hybridized carbons (Fsp3) is 0.261. The van der Waals surface area contributed by atoms with E-state index in [1.807, 2.05) is 29.7 Å². The Bertz CT molecular complexity index is 1480. The van der Waals surface area contributed by atoms with Crippen molar-refractivity contribution in [1.82, 2.24) is 18.7 Å². The third kappa shape index (κ3) is 3.32. The first-order chi connectivity index (χ1) is 15.3. The molecule has 0 atom stereocenters.